The van der Waals surface area contributed by atoms with Crippen molar-refractivity contribution in [2.75, 3.05) is 13.2 Å². The quantitative estimate of drug-likeness (QED) is 0.621. The number of alkyl halides is 3. The molecule has 1 unspecified atom stereocenters. The summed E-state index contributed by atoms with van der Waals surface area (Å²) in [6, 6.07) is 4.85. The number of aliphatic hydroxyl groups excluding tert-OH is 1. The monoisotopic (exact) mass is 332 g/mol. The number of oxime groups is 1. The summed E-state index contributed by atoms with van der Waals surface area (Å²) in [5.74, 6) is 0. The molecule has 1 atom stereocenters. The van der Waals surface area contributed by atoms with Gasteiger partial charge in [-0.25, -0.2) is 0 Å². The van der Waals surface area contributed by atoms with Gasteiger partial charge < -0.3 is 15.3 Å². The Kier molecular flexibility index (Phi) is 6.58. The van der Waals surface area contributed by atoms with Gasteiger partial charge in [0.05, 0.1) is 11.3 Å². The average Bonchev–Trinajstić information content (AvgIpc) is 2.43. The number of nitrogens with zero attached hydrogens (tertiary/aromatic N) is 1. The Labute approximate surface area is 134 Å². The van der Waals surface area contributed by atoms with E-state index in [1.807, 2.05) is 20.8 Å². The summed E-state index contributed by atoms with van der Waals surface area (Å²) in [4.78, 5) is 5.02. The average molecular weight is 332 g/mol. The van der Waals surface area contributed by atoms with Gasteiger partial charge >= 0.3 is 6.18 Å². The molecular weight excluding hydrogens is 309 g/mol. The van der Waals surface area contributed by atoms with E-state index in [0.717, 1.165) is 12.1 Å². The molecule has 2 N–H and O–H groups in total. The highest BCUT2D eigenvalue weighted by atomic mass is 19.4. The Hall–Kier alpha value is -1.60. The maximum Gasteiger partial charge on any atom is 0.416 e. The van der Waals surface area contributed by atoms with Crippen LogP contribution < -0.4 is 5.32 Å². The van der Waals surface area contributed by atoms with Gasteiger partial charge in [0.1, 0.15) is 12.7 Å². The number of rotatable bonds is 6. The van der Waals surface area contributed by atoms with E-state index in [2.05, 4.69) is 10.5 Å². The van der Waals surface area contributed by atoms with E-state index in [-0.39, 0.29) is 12.1 Å². The number of hydrogen-bond acceptors (Lipinski definition) is 4. The van der Waals surface area contributed by atoms with Gasteiger partial charge in [0.25, 0.3) is 0 Å². The summed E-state index contributed by atoms with van der Waals surface area (Å²) in [6.07, 6.45) is -5.15. The Morgan fingerprint density at radius 2 is 1.96 bits per heavy atom. The Morgan fingerprint density at radius 1 is 1.30 bits per heavy atom. The van der Waals surface area contributed by atoms with Gasteiger partial charge in [0.2, 0.25) is 0 Å². The summed E-state index contributed by atoms with van der Waals surface area (Å²) in [5.41, 5.74) is -0.230. The summed E-state index contributed by atoms with van der Waals surface area (Å²) >= 11 is 0. The second-order valence-corrected chi connectivity index (χ2v) is 6.34. The van der Waals surface area contributed by atoms with Crippen molar-refractivity contribution in [1.29, 1.82) is 0 Å². The van der Waals surface area contributed by atoms with Crippen molar-refractivity contribution in [3.8, 4) is 0 Å². The van der Waals surface area contributed by atoms with E-state index in [4.69, 9.17) is 4.84 Å². The van der Waals surface area contributed by atoms with E-state index >= 15 is 0 Å². The molecule has 23 heavy (non-hydrogen) atoms. The van der Waals surface area contributed by atoms with Crippen molar-refractivity contribution in [1.82, 2.24) is 5.32 Å². The molecule has 7 heteroatoms. The molecule has 0 aromatic heterocycles. The maximum absolute atomic E-state index is 12.7. The fraction of sp³-hybridized carbons (Fsp3) is 0.562. The van der Waals surface area contributed by atoms with Crippen LogP contribution in [0.5, 0.6) is 0 Å². The first-order valence-electron chi connectivity index (χ1n) is 7.26. The lowest BCUT2D eigenvalue weighted by Gasteiger charge is -2.22. The third-order valence-electron chi connectivity index (χ3n) is 2.94. The van der Waals surface area contributed by atoms with Gasteiger partial charge in [-0.3, -0.25) is 0 Å². The fourth-order valence-corrected chi connectivity index (χ4v) is 1.68. The second kappa shape index (κ2) is 7.79. The predicted molar refractivity (Wildman–Crippen MR) is 83.4 cm³/mol. The highest BCUT2D eigenvalue weighted by molar-refractivity contribution is 5.98. The highest BCUT2D eigenvalue weighted by Crippen LogP contribution is 2.29. The van der Waals surface area contributed by atoms with Crippen LogP contribution in [0.15, 0.2) is 29.4 Å². The number of nitrogens with one attached hydrogen (secondary N) is 1. The topological polar surface area (TPSA) is 53.9 Å². The zero-order valence-corrected chi connectivity index (χ0v) is 13.7. The lowest BCUT2D eigenvalue weighted by atomic mass is 10.1. The molecule has 0 radical (unpaired) electrons. The van der Waals surface area contributed by atoms with Crippen molar-refractivity contribution in [3.05, 3.63) is 35.4 Å². The van der Waals surface area contributed by atoms with E-state index in [1.165, 1.54) is 12.1 Å². The van der Waals surface area contributed by atoms with Crippen LogP contribution in [-0.2, 0) is 11.0 Å². The predicted octanol–water partition coefficient (Wildman–Crippen LogP) is 3.20. The standard InChI is InChI=1S/C16H23F3N2O2/c1-11(12-6-5-7-13(8-12)16(17,18)19)21-23-10-14(22)9-20-15(2,3)4/h5-8,14,20,22H,9-10H2,1-4H3. The first kappa shape index (κ1) is 19.4. The lowest BCUT2D eigenvalue weighted by molar-refractivity contribution is -0.137. The fourth-order valence-electron chi connectivity index (χ4n) is 1.68. The van der Waals surface area contributed by atoms with Crippen LogP contribution in [-0.4, -0.2) is 35.6 Å². The number of benzene rings is 1. The minimum atomic E-state index is -4.40. The van der Waals surface area contributed by atoms with Crippen molar-refractivity contribution in [2.45, 2.75) is 45.5 Å². The Balaban J connectivity index is 2.58. The molecule has 0 fully saturated rings. The van der Waals surface area contributed by atoms with E-state index < -0.39 is 17.8 Å². The van der Waals surface area contributed by atoms with Crippen LogP contribution in [0, 0.1) is 0 Å². The molecule has 0 aliphatic carbocycles. The molecular formula is C16H23F3N2O2. The van der Waals surface area contributed by atoms with Gasteiger partial charge in [-0.15, -0.1) is 0 Å². The van der Waals surface area contributed by atoms with Gasteiger partial charge in [-0.05, 0) is 45.4 Å². The number of aliphatic hydroxyl groups is 1. The Bertz CT molecular complexity index is 537. The van der Waals surface area contributed by atoms with Gasteiger partial charge in [-0.1, -0.05) is 17.3 Å². The minimum Gasteiger partial charge on any atom is -0.393 e. The SMILES string of the molecule is CC(=NOCC(O)CNC(C)(C)C)c1cccc(C(F)(F)F)c1. The van der Waals surface area contributed by atoms with Crippen molar-refractivity contribution in [2.24, 2.45) is 5.16 Å². The molecule has 0 saturated carbocycles. The molecule has 0 aliphatic heterocycles. The zero-order valence-electron chi connectivity index (χ0n) is 13.7. The first-order chi connectivity index (χ1) is 10.5. The minimum absolute atomic E-state index is 0.0423. The number of halogens is 3. The molecule has 1 aromatic rings. The van der Waals surface area contributed by atoms with E-state index in [0.29, 0.717) is 17.8 Å². The van der Waals surface area contributed by atoms with Gasteiger partial charge in [0.15, 0.2) is 0 Å². The highest BCUT2D eigenvalue weighted by Gasteiger charge is 2.30. The molecule has 4 nitrogen and oxygen atoms in total. The molecule has 130 valence electrons. The van der Waals surface area contributed by atoms with Crippen molar-refractivity contribution in [3.63, 3.8) is 0 Å². The molecule has 0 heterocycles. The maximum atomic E-state index is 12.7. The van der Waals surface area contributed by atoms with Crippen LogP contribution in [0.25, 0.3) is 0 Å². The third-order valence-corrected chi connectivity index (χ3v) is 2.94. The third kappa shape index (κ3) is 7.47. The summed E-state index contributed by atoms with van der Waals surface area (Å²) in [6.45, 7) is 7.75. The second-order valence-electron chi connectivity index (χ2n) is 6.34. The number of β-amino-alcohol motifs (C(OH)–C–C–N with tert-alkyl or cyclic N) is 1. The van der Waals surface area contributed by atoms with Crippen LogP contribution >= 0.6 is 0 Å². The van der Waals surface area contributed by atoms with Crippen LogP contribution in [0.1, 0.15) is 38.8 Å². The molecule has 0 bridgehead atoms. The van der Waals surface area contributed by atoms with Gasteiger partial charge in [0, 0.05) is 12.1 Å². The summed E-state index contributed by atoms with van der Waals surface area (Å²) < 4.78 is 38.0. The lowest BCUT2D eigenvalue weighted by Crippen LogP contribution is -2.42. The summed E-state index contributed by atoms with van der Waals surface area (Å²) in [5, 5.41) is 16.6. The van der Waals surface area contributed by atoms with E-state index in [1.54, 1.807) is 6.92 Å². The summed E-state index contributed by atoms with van der Waals surface area (Å²) in [7, 11) is 0. The smallest absolute Gasteiger partial charge is 0.393 e. The zero-order chi connectivity index (χ0) is 17.7. The number of hydrogen-bond donors (Lipinski definition) is 2. The molecule has 0 saturated heterocycles. The Morgan fingerprint density at radius 3 is 2.52 bits per heavy atom. The van der Waals surface area contributed by atoms with Gasteiger partial charge in [-0.2, -0.15) is 13.2 Å². The molecule has 1 aromatic carbocycles. The van der Waals surface area contributed by atoms with Crippen molar-refractivity contribution >= 4 is 5.71 Å². The van der Waals surface area contributed by atoms with E-state index in [9.17, 15) is 18.3 Å². The molecule has 0 amide bonds. The van der Waals surface area contributed by atoms with Crippen LogP contribution in [0.3, 0.4) is 0 Å². The van der Waals surface area contributed by atoms with Crippen LogP contribution in [0.4, 0.5) is 13.2 Å². The first-order valence-corrected chi connectivity index (χ1v) is 7.26. The van der Waals surface area contributed by atoms with Crippen LogP contribution in [0.2, 0.25) is 0 Å². The molecule has 0 aliphatic rings. The normalized spacial score (nSPS) is 14.7. The van der Waals surface area contributed by atoms with Crippen molar-refractivity contribution < 1.29 is 23.1 Å². The molecule has 0 spiro atoms. The molecule has 1 rings (SSSR count). The largest absolute Gasteiger partial charge is 0.416 e.